The van der Waals surface area contributed by atoms with E-state index in [1.165, 1.54) is 10.8 Å². The predicted molar refractivity (Wildman–Crippen MR) is 84.2 cm³/mol. The molecule has 0 spiro atoms. The van der Waals surface area contributed by atoms with Crippen molar-refractivity contribution in [3.05, 3.63) is 48.5 Å². The number of carbonyl (C=O) groups excluding carboxylic acids is 1. The molecule has 1 fully saturated rings. The van der Waals surface area contributed by atoms with Gasteiger partial charge in [0.15, 0.2) is 12.3 Å². The van der Waals surface area contributed by atoms with Crippen molar-refractivity contribution in [2.75, 3.05) is 13.2 Å². The summed E-state index contributed by atoms with van der Waals surface area (Å²) in [6.07, 6.45) is 5.14. The maximum Gasteiger partial charge on any atom is 0.261 e. The van der Waals surface area contributed by atoms with Gasteiger partial charge < -0.3 is 9.64 Å². The molecule has 0 aliphatic carbocycles. The molecule has 0 bridgehead atoms. The second-order valence-electron chi connectivity index (χ2n) is 5.59. The minimum atomic E-state index is -0.0613. The van der Waals surface area contributed by atoms with Crippen LogP contribution in [0.1, 0.15) is 24.6 Å². The number of nitrogens with zero attached hydrogens (tertiary/aromatic N) is 6. The van der Waals surface area contributed by atoms with Crippen molar-refractivity contribution in [1.29, 1.82) is 0 Å². The molecule has 1 saturated heterocycles. The van der Waals surface area contributed by atoms with Gasteiger partial charge in [-0.3, -0.25) is 9.78 Å². The van der Waals surface area contributed by atoms with Crippen LogP contribution in [0.25, 0.3) is 5.65 Å². The average molecular weight is 324 g/mol. The van der Waals surface area contributed by atoms with Gasteiger partial charge in [0.2, 0.25) is 5.88 Å². The minimum Gasteiger partial charge on any atom is -0.467 e. The highest BCUT2D eigenvalue weighted by Crippen LogP contribution is 2.30. The fourth-order valence-electron chi connectivity index (χ4n) is 2.95. The Labute approximate surface area is 138 Å². The van der Waals surface area contributed by atoms with Crippen LogP contribution in [0, 0.1) is 0 Å². The quantitative estimate of drug-likeness (QED) is 0.718. The molecule has 24 heavy (non-hydrogen) atoms. The fraction of sp³-hybridized carbons (Fsp3) is 0.312. The SMILES string of the molecule is O=C(COc1ccc2nncn2n1)N1CCCC1c1ccccn1. The standard InChI is InChI=1S/C16H16N6O2/c23-16(10-24-15-7-6-14-19-18-11-22(14)20-15)21-9-3-5-13(21)12-4-1-2-8-17-12/h1-2,4,6-8,11,13H,3,5,9-10H2. The van der Waals surface area contributed by atoms with Crippen LogP contribution >= 0.6 is 0 Å². The van der Waals surface area contributed by atoms with Gasteiger partial charge >= 0.3 is 0 Å². The highest BCUT2D eigenvalue weighted by atomic mass is 16.5. The number of aromatic nitrogens is 5. The molecule has 1 aliphatic rings. The first-order valence-electron chi connectivity index (χ1n) is 7.81. The van der Waals surface area contributed by atoms with Crippen molar-refractivity contribution in [2.24, 2.45) is 0 Å². The Kier molecular flexibility index (Phi) is 3.78. The Morgan fingerprint density at radius 3 is 3.12 bits per heavy atom. The molecular weight excluding hydrogens is 308 g/mol. The maximum atomic E-state index is 12.5. The number of hydrogen-bond donors (Lipinski definition) is 0. The molecule has 3 aromatic rings. The third kappa shape index (κ3) is 2.78. The number of carbonyl (C=O) groups is 1. The lowest BCUT2D eigenvalue weighted by Gasteiger charge is -2.24. The molecule has 0 saturated carbocycles. The van der Waals surface area contributed by atoms with Crippen LogP contribution in [-0.2, 0) is 4.79 Å². The summed E-state index contributed by atoms with van der Waals surface area (Å²) in [5.74, 6) is 0.304. The van der Waals surface area contributed by atoms with Crippen LogP contribution in [0.3, 0.4) is 0 Å². The van der Waals surface area contributed by atoms with Crippen molar-refractivity contribution >= 4 is 11.6 Å². The molecule has 1 aliphatic heterocycles. The van der Waals surface area contributed by atoms with Crippen molar-refractivity contribution in [2.45, 2.75) is 18.9 Å². The highest BCUT2D eigenvalue weighted by molar-refractivity contribution is 5.78. The first-order chi connectivity index (χ1) is 11.8. The summed E-state index contributed by atoms with van der Waals surface area (Å²) in [7, 11) is 0. The largest absolute Gasteiger partial charge is 0.467 e. The molecule has 8 nitrogen and oxygen atoms in total. The van der Waals surface area contributed by atoms with Crippen LogP contribution in [0.15, 0.2) is 42.9 Å². The highest BCUT2D eigenvalue weighted by Gasteiger charge is 2.30. The Morgan fingerprint density at radius 2 is 2.25 bits per heavy atom. The lowest BCUT2D eigenvalue weighted by Crippen LogP contribution is -2.34. The number of amides is 1. The van der Waals surface area contributed by atoms with E-state index in [1.54, 1.807) is 18.3 Å². The lowest BCUT2D eigenvalue weighted by molar-refractivity contribution is -0.134. The van der Waals surface area contributed by atoms with Crippen LogP contribution in [-0.4, -0.2) is 48.8 Å². The molecule has 1 atom stereocenters. The van der Waals surface area contributed by atoms with E-state index in [2.05, 4.69) is 20.3 Å². The van der Waals surface area contributed by atoms with Gasteiger partial charge in [0, 0.05) is 18.8 Å². The summed E-state index contributed by atoms with van der Waals surface area (Å²) in [5, 5.41) is 11.8. The van der Waals surface area contributed by atoms with Gasteiger partial charge in [0.1, 0.15) is 6.33 Å². The molecule has 4 rings (SSSR count). The predicted octanol–water partition coefficient (Wildman–Crippen LogP) is 1.26. The monoisotopic (exact) mass is 324 g/mol. The van der Waals surface area contributed by atoms with E-state index in [0.29, 0.717) is 11.5 Å². The molecule has 4 heterocycles. The Hall–Kier alpha value is -3.03. The van der Waals surface area contributed by atoms with Crippen LogP contribution in [0.4, 0.5) is 0 Å². The van der Waals surface area contributed by atoms with Gasteiger partial charge in [-0.15, -0.1) is 15.3 Å². The molecule has 122 valence electrons. The molecule has 3 aromatic heterocycles. The Balaban J connectivity index is 1.43. The minimum absolute atomic E-state index is 0.0237. The zero-order valence-corrected chi connectivity index (χ0v) is 12.9. The summed E-state index contributed by atoms with van der Waals surface area (Å²) < 4.78 is 7.05. The Morgan fingerprint density at radius 1 is 1.29 bits per heavy atom. The van der Waals surface area contributed by atoms with Gasteiger partial charge in [-0.05, 0) is 31.0 Å². The van der Waals surface area contributed by atoms with E-state index in [4.69, 9.17) is 4.74 Å². The van der Waals surface area contributed by atoms with Crippen molar-refractivity contribution in [3.63, 3.8) is 0 Å². The molecule has 1 amide bonds. The number of pyridine rings is 1. The number of rotatable bonds is 4. The van der Waals surface area contributed by atoms with Gasteiger partial charge in [-0.25, -0.2) is 0 Å². The van der Waals surface area contributed by atoms with Crippen molar-refractivity contribution in [3.8, 4) is 5.88 Å². The second kappa shape index (κ2) is 6.23. The zero-order valence-electron chi connectivity index (χ0n) is 12.9. The smallest absolute Gasteiger partial charge is 0.261 e. The van der Waals surface area contributed by atoms with Crippen LogP contribution in [0.2, 0.25) is 0 Å². The maximum absolute atomic E-state index is 12.5. The van der Waals surface area contributed by atoms with E-state index in [9.17, 15) is 4.79 Å². The van der Waals surface area contributed by atoms with Crippen molar-refractivity contribution < 1.29 is 9.53 Å². The van der Waals surface area contributed by atoms with Gasteiger partial charge in [-0.1, -0.05) is 6.07 Å². The summed E-state index contributed by atoms with van der Waals surface area (Å²) >= 11 is 0. The lowest BCUT2D eigenvalue weighted by atomic mass is 10.1. The van der Waals surface area contributed by atoms with Crippen molar-refractivity contribution in [1.82, 2.24) is 29.7 Å². The molecule has 0 aromatic carbocycles. The summed E-state index contributed by atoms with van der Waals surface area (Å²) in [6.45, 7) is 0.672. The fourth-order valence-corrected chi connectivity index (χ4v) is 2.95. The molecule has 0 N–H and O–H groups in total. The third-order valence-electron chi connectivity index (χ3n) is 4.08. The zero-order chi connectivity index (χ0) is 16.4. The second-order valence-corrected chi connectivity index (χ2v) is 5.59. The normalized spacial score (nSPS) is 17.3. The van der Waals surface area contributed by atoms with Crippen LogP contribution in [0.5, 0.6) is 5.88 Å². The molecule has 1 unspecified atom stereocenters. The van der Waals surface area contributed by atoms with Crippen LogP contribution < -0.4 is 4.74 Å². The summed E-state index contributed by atoms with van der Waals surface area (Å²) in [4.78, 5) is 18.7. The number of fused-ring (bicyclic) bond motifs is 1. The molecular formula is C16H16N6O2. The third-order valence-corrected chi connectivity index (χ3v) is 4.08. The van der Waals surface area contributed by atoms with E-state index < -0.39 is 0 Å². The average Bonchev–Trinajstić information content (AvgIpc) is 3.29. The van der Waals surface area contributed by atoms with E-state index >= 15 is 0 Å². The van der Waals surface area contributed by atoms with Gasteiger partial charge in [-0.2, -0.15) is 4.52 Å². The first-order valence-corrected chi connectivity index (χ1v) is 7.81. The number of hydrogen-bond acceptors (Lipinski definition) is 6. The van der Waals surface area contributed by atoms with E-state index in [1.807, 2.05) is 23.1 Å². The summed E-state index contributed by atoms with van der Waals surface area (Å²) in [6, 6.07) is 9.22. The molecule has 0 radical (unpaired) electrons. The Bertz CT molecular complexity index is 850. The molecule has 8 heteroatoms. The van der Waals surface area contributed by atoms with Gasteiger partial charge in [0.25, 0.3) is 5.91 Å². The number of likely N-dealkylation sites (tertiary alicyclic amines) is 1. The van der Waals surface area contributed by atoms with E-state index in [-0.39, 0.29) is 18.6 Å². The first kappa shape index (κ1) is 14.6. The topological polar surface area (TPSA) is 85.5 Å². The van der Waals surface area contributed by atoms with E-state index in [0.717, 1.165) is 25.1 Å². The summed E-state index contributed by atoms with van der Waals surface area (Å²) in [5.41, 5.74) is 1.55. The number of ether oxygens (including phenoxy) is 1. The van der Waals surface area contributed by atoms with Gasteiger partial charge in [0.05, 0.1) is 11.7 Å².